The van der Waals surface area contributed by atoms with Crippen LogP contribution in [-0.2, 0) is 4.79 Å². The number of benzene rings is 1. The zero-order valence-electron chi connectivity index (χ0n) is 20.3. The van der Waals surface area contributed by atoms with Gasteiger partial charge < -0.3 is 15.0 Å². The summed E-state index contributed by atoms with van der Waals surface area (Å²) in [6.07, 6.45) is 6.59. The topological polar surface area (TPSA) is 111 Å². The minimum absolute atomic E-state index is 0.0741. The monoisotopic (exact) mass is 482 g/mol. The molecule has 36 heavy (non-hydrogen) atoms. The summed E-state index contributed by atoms with van der Waals surface area (Å²) in [4.78, 5) is 28.1. The van der Waals surface area contributed by atoms with Crippen molar-refractivity contribution in [2.45, 2.75) is 45.6 Å². The van der Waals surface area contributed by atoms with Crippen molar-refractivity contribution >= 4 is 23.2 Å². The van der Waals surface area contributed by atoms with Crippen LogP contribution in [0.5, 0.6) is 5.88 Å². The van der Waals surface area contributed by atoms with E-state index in [-0.39, 0.29) is 17.9 Å². The van der Waals surface area contributed by atoms with Gasteiger partial charge in [-0.1, -0.05) is 31.2 Å². The molecule has 5 heterocycles. The molecule has 2 aliphatic heterocycles. The van der Waals surface area contributed by atoms with E-state index in [1.54, 1.807) is 17.1 Å². The summed E-state index contributed by atoms with van der Waals surface area (Å²) in [5, 5.41) is 11.4. The van der Waals surface area contributed by atoms with Crippen LogP contribution in [0.1, 0.15) is 44.0 Å². The first-order chi connectivity index (χ1) is 17.5. The minimum atomic E-state index is 0.0741. The van der Waals surface area contributed by atoms with Crippen LogP contribution in [0.2, 0.25) is 0 Å². The molecule has 0 bridgehead atoms. The molecule has 10 heteroatoms. The number of nitrogens with zero attached hydrogens (tertiary/aromatic N) is 7. The van der Waals surface area contributed by atoms with Gasteiger partial charge in [0.15, 0.2) is 0 Å². The molecule has 10 nitrogen and oxygen atoms in total. The average Bonchev–Trinajstić information content (AvgIpc) is 3.49. The molecular formula is C26H26N8O2. The highest BCUT2D eigenvalue weighted by molar-refractivity contribution is 5.98. The van der Waals surface area contributed by atoms with Crippen molar-refractivity contribution in [2.75, 3.05) is 16.8 Å². The van der Waals surface area contributed by atoms with Crippen LogP contribution in [0.3, 0.4) is 0 Å². The molecule has 4 aromatic rings. The molecule has 1 amide bonds. The lowest BCUT2D eigenvalue weighted by molar-refractivity contribution is -0.117. The first kappa shape index (κ1) is 22.1. The summed E-state index contributed by atoms with van der Waals surface area (Å²) >= 11 is 0. The second-order valence-corrected chi connectivity index (χ2v) is 9.42. The third kappa shape index (κ3) is 3.84. The van der Waals surface area contributed by atoms with Crippen molar-refractivity contribution in [2.24, 2.45) is 0 Å². The predicted molar refractivity (Wildman–Crippen MR) is 135 cm³/mol. The number of pyridine rings is 1. The second kappa shape index (κ2) is 8.71. The number of carbonyl (C=O) groups excluding carboxylic acids is 1. The Hall–Kier alpha value is -4.34. The van der Waals surface area contributed by atoms with E-state index in [1.165, 1.54) is 0 Å². The van der Waals surface area contributed by atoms with E-state index >= 15 is 0 Å². The highest BCUT2D eigenvalue weighted by Crippen LogP contribution is 2.39. The van der Waals surface area contributed by atoms with Crippen molar-refractivity contribution < 1.29 is 9.53 Å². The molecule has 1 saturated heterocycles. The zero-order valence-corrected chi connectivity index (χ0v) is 20.3. The standard InChI is InChI=1S/C26H26N8O2/c1-15(2)24-21(17-4-6-19(7-5-17)34-16(3)11-29-32-34)13-28-26(31-24)30-18-10-22-25(27-12-18)36-14-20-8-9-23(35)33(20)22/h4-7,10-13,15,20H,8-9,14H2,1-3H3,(H,28,30,31)/t20-/m0/s1. The molecule has 1 fully saturated rings. The van der Waals surface area contributed by atoms with Gasteiger partial charge in [0.25, 0.3) is 0 Å². The van der Waals surface area contributed by atoms with E-state index in [4.69, 9.17) is 9.72 Å². The molecule has 182 valence electrons. The van der Waals surface area contributed by atoms with Crippen molar-refractivity contribution in [3.63, 3.8) is 0 Å². The Kier molecular flexibility index (Phi) is 5.36. The number of aromatic nitrogens is 6. The third-order valence-corrected chi connectivity index (χ3v) is 6.59. The Morgan fingerprint density at radius 2 is 1.94 bits per heavy atom. The van der Waals surface area contributed by atoms with E-state index in [1.807, 2.05) is 48.4 Å². The molecule has 1 aromatic carbocycles. The fraction of sp³-hybridized carbons (Fsp3) is 0.308. The first-order valence-corrected chi connectivity index (χ1v) is 12.0. The highest BCUT2D eigenvalue weighted by Gasteiger charge is 2.38. The largest absolute Gasteiger partial charge is 0.474 e. The molecule has 3 aromatic heterocycles. The molecule has 0 aliphatic carbocycles. The van der Waals surface area contributed by atoms with E-state index in [0.29, 0.717) is 36.2 Å². The van der Waals surface area contributed by atoms with Crippen LogP contribution >= 0.6 is 0 Å². The minimum Gasteiger partial charge on any atom is -0.474 e. The normalized spacial score (nSPS) is 16.6. The molecule has 6 rings (SSSR count). The molecule has 0 unspecified atom stereocenters. The first-order valence-electron chi connectivity index (χ1n) is 12.0. The number of amides is 1. The summed E-state index contributed by atoms with van der Waals surface area (Å²) in [6.45, 7) is 6.68. The summed E-state index contributed by atoms with van der Waals surface area (Å²) in [6, 6.07) is 10.1. The number of nitrogens with one attached hydrogen (secondary N) is 1. The lowest BCUT2D eigenvalue weighted by atomic mass is 9.99. The Labute approximate surface area is 208 Å². The van der Waals surface area contributed by atoms with Gasteiger partial charge in [0.05, 0.1) is 41.2 Å². The number of rotatable bonds is 5. The Balaban J connectivity index is 1.28. The maximum Gasteiger partial charge on any atom is 0.238 e. The second-order valence-electron chi connectivity index (χ2n) is 9.42. The van der Waals surface area contributed by atoms with Gasteiger partial charge in [-0.2, -0.15) is 0 Å². The third-order valence-electron chi connectivity index (χ3n) is 6.59. The predicted octanol–water partition coefficient (Wildman–Crippen LogP) is 4.18. The number of hydrogen-bond donors (Lipinski definition) is 1. The zero-order chi connectivity index (χ0) is 24.8. The number of hydrogen-bond acceptors (Lipinski definition) is 8. The Morgan fingerprint density at radius 1 is 1.11 bits per heavy atom. The van der Waals surface area contributed by atoms with Crippen molar-refractivity contribution in [1.82, 2.24) is 29.9 Å². The van der Waals surface area contributed by atoms with E-state index in [0.717, 1.165) is 34.6 Å². The molecule has 0 spiro atoms. The molecule has 1 N–H and O–H groups in total. The van der Waals surface area contributed by atoms with E-state index in [9.17, 15) is 4.79 Å². The van der Waals surface area contributed by atoms with Crippen molar-refractivity contribution in [1.29, 1.82) is 0 Å². The van der Waals surface area contributed by atoms with Gasteiger partial charge in [-0.3, -0.25) is 4.79 Å². The molecule has 0 saturated carbocycles. The number of ether oxygens (including phenoxy) is 1. The Morgan fingerprint density at radius 3 is 2.69 bits per heavy atom. The van der Waals surface area contributed by atoms with Crippen molar-refractivity contribution in [3.05, 3.63) is 60.3 Å². The molecule has 1 atom stereocenters. The average molecular weight is 483 g/mol. The van der Waals surface area contributed by atoms with Crippen LogP contribution in [0.4, 0.5) is 17.3 Å². The summed E-state index contributed by atoms with van der Waals surface area (Å²) in [7, 11) is 0. The maximum absolute atomic E-state index is 12.4. The summed E-state index contributed by atoms with van der Waals surface area (Å²) < 4.78 is 7.57. The van der Waals surface area contributed by atoms with Crippen molar-refractivity contribution in [3.8, 4) is 22.7 Å². The van der Waals surface area contributed by atoms with Gasteiger partial charge in [-0.05, 0) is 43.0 Å². The van der Waals surface area contributed by atoms with E-state index in [2.05, 4.69) is 39.4 Å². The number of carbonyl (C=O) groups is 1. The number of aryl methyl sites for hydroxylation is 1. The van der Waals surface area contributed by atoms with Gasteiger partial charge >= 0.3 is 0 Å². The fourth-order valence-electron chi connectivity index (χ4n) is 4.77. The smallest absolute Gasteiger partial charge is 0.238 e. The van der Waals surface area contributed by atoms with Crippen LogP contribution in [0, 0.1) is 6.92 Å². The van der Waals surface area contributed by atoms with Gasteiger partial charge in [0.1, 0.15) is 12.3 Å². The summed E-state index contributed by atoms with van der Waals surface area (Å²) in [5.41, 5.74) is 6.24. The highest BCUT2D eigenvalue weighted by atomic mass is 16.5. The van der Waals surface area contributed by atoms with E-state index < -0.39 is 0 Å². The lowest BCUT2D eigenvalue weighted by Crippen LogP contribution is -2.40. The molecule has 0 radical (unpaired) electrons. The maximum atomic E-state index is 12.4. The van der Waals surface area contributed by atoms with Crippen LogP contribution in [0.25, 0.3) is 16.8 Å². The molecular weight excluding hydrogens is 456 g/mol. The van der Waals surface area contributed by atoms with Gasteiger partial charge in [0, 0.05) is 18.2 Å². The van der Waals surface area contributed by atoms with Crippen LogP contribution < -0.4 is 15.0 Å². The molecule has 2 aliphatic rings. The lowest BCUT2D eigenvalue weighted by Gasteiger charge is -2.31. The quantitative estimate of drug-likeness (QED) is 0.451. The van der Waals surface area contributed by atoms with Gasteiger partial charge in [-0.25, -0.2) is 19.6 Å². The van der Waals surface area contributed by atoms with Gasteiger partial charge in [0.2, 0.25) is 17.7 Å². The number of anilines is 3. The van der Waals surface area contributed by atoms with Crippen LogP contribution in [0.15, 0.2) is 48.9 Å². The number of fused-ring (bicyclic) bond motifs is 3. The summed E-state index contributed by atoms with van der Waals surface area (Å²) in [5.74, 6) is 1.24. The SMILES string of the molecule is Cc1cnnn1-c1ccc(-c2cnc(Nc3cnc4c(c3)N3C(=O)CC[C@H]3CO4)nc2C(C)C)cc1. The fourth-order valence-corrected chi connectivity index (χ4v) is 4.77. The van der Waals surface area contributed by atoms with Crippen LogP contribution in [-0.4, -0.2) is 48.5 Å². The van der Waals surface area contributed by atoms with Gasteiger partial charge in [-0.15, -0.1) is 5.10 Å². The Bertz CT molecular complexity index is 1450.